The molecule has 0 aromatic carbocycles. The lowest BCUT2D eigenvalue weighted by atomic mass is 10.0. The van der Waals surface area contributed by atoms with E-state index in [0.29, 0.717) is 0 Å². The van der Waals surface area contributed by atoms with Crippen LogP contribution in [-0.2, 0) is 0 Å². The molecule has 2 saturated carbocycles. The molecule has 0 amide bonds. The Morgan fingerprint density at radius 3 is 2.11 bits per heavy atom. The fourth-order valence-corrected chi connectivity index (χ4v) is 4.16. The molecule has 0 spiro atoms. The van der Waals surface area contributed by atoms with Gasteiger partial charge >= 0.3 is 0 Å². The van der Waals surface area contributed by atoms with Crippen molar-refractivity contribution in [2.45, 2.75) is 63.0 Å². The van der Waals surface area contributed by atoms with E-state index in [0.717, 1.165) is 25.4 Å². The number of hydrogen-bond acceptors (Lipinski definition) is 3. The van der Waals surface area contributed by atoms with E-state index in [9.17, 15) is 5.11 Å². The van der Waals surface area contributed by atoms with Gasteiger partial charge in [0.1, 0.15) is 0 Å². The van der Waals surface area contributed by atoms with Gasteiger partial charge in [-0.1, -0.05) is 25.7 Å². The molecule has 18 heavy (non-hydrogen) atoms. The minimum atomic E-state index is -0.352. The van der Waals surface area contributed by atoms with Crippen molar-refractivity contribution >= 4 is 0 Å². The molecule has 0 bridgehead atoms. The van der Waals surface area contributed by atoms with Gasteiger partial charge in [0.25, 0.3) is 0 Å². The van der Waals surface area contributed by atoms with Crippen LogP contribution in [0.4, 0.5) is 0 Å². The van der Waals surface area contributed by atoms with E-state index >= 15 is 0 Å². The first-order valence-corrected chi connectivity index (χ1v) is 7.94. The largest absolute Gasteiger partial charge is 0.389 e. The van der Waals surface area contributed by atoms with E-state index in [1.165, 1.54) is 64.7 Å². The quantitative estimate of drug-likeness (QED) is 0.830. The summed E-state index contributed by atoms with van der Waals surface area (Å²) in [6.45, 7) is 5.70. The lowest BCUT2D eigenvalue weighted by Crippen LogP contribution is -2.53. The van der Waals surface area contributed by atoms with Crippen LogP contribution in [0.15, 0.2) is 0 Å². The van der Waals surface area contributed by atoms with Gasteiger partial charge in [-0.05, 0) is 25.7 Å². The first-order chi connectivity index (χ1) is 8.75. The Morgan fingerprint density at radius 2 is 1.50 bits per heavy atom. The van der Waals surface area contributed by atoms with Gasteiger partial charge in [0, 0.05) is 38.8 Å². The average molecular weight is 252 g/mol. The van der Waals surface area contributed by atoms with Gasteiger partial charge in [-0.15, -0.1) is 0 Å². The Hall–Kier alpha value is -0.120. The summed E-state index contributed by atoms with van der Waals surface area (Å²) in [5, 5.41) is 10.5. The Bertz CT molecular complexity index is 262. The second-order valence-electron chi connectivity index (χ2n) is 6.68. The molecule has 0 atom stereocenters. The summed E-state index contributed by atoms with van der Waals surface area (Å²) >= 11 is 0. The summed E-state index contributed by atoms with van der Waals surface area (Å²) in [5.41, 5.74) is -0.352. The van der Waals surface area contributed by atoms with Gasteiger partial charge in [-0.3, -0.25) is 9.80 Å². The predicted molar refractivity (Wildman–Crippen MR) is 73.7 cm³/mol. The molecule has 3 nitrogen and oxygen atoms in total. The van der Waals surface area contributed by atoms with Crippen molar-refractivity contribution in [2.75, 3.05) is 32.7 Å². The molecule has 3 heteroatoms. The van der Waals surface area contributed by atoms with E-state index in [2.05, 4.69) is 9.80 Å². The number of nitrogens with zero attached hydrogens (tertiary/aromatic N) is 2. The average Bonchev–Trinajstić information content (AvgIpc) is 3.02. The topological polar surface area (TPSA) is 26.7 Å². The lowest BCUT2D eigenvalue weighted by Gasteiger charge is -2.40. The van der Waals surface area contributed by atoms with E-state index in [-0.39, 0.29) is 5.60 Å². The highest BCUT2D eigenvalue weighted by atomic mass is 16.3. The van der Waals surface area contributed by atoms with E-state index in [1.807, 2.05) is 0 Å². The Balaban J connectivity index is 1.45. The highest BCUT2D eigenvalue weighted by Gasteiger charge is 2.34. The van der Waals surface area contributed by atoms with Gasteiger partial charge in [0.2, 0.25) is 0 Å². The van der Waals surface area contributed by atoms with Gasteiger partial charge in [-0.25, -0.2) is 0 Å². The summed E-state index contributed by atoms with van der Waals surface area (Å²) in [7, 11) is 0. The van der Waals surface area contributed by atoms with Crippen LogP contribution in [-0.4, -0.2) is 59.3 Å². The number of rotatable bonds is 3. The van der Waals surface area contributed by atoms with E-state index < -0.39 is 0 Å². The predicted octanol–water partition coefficient (Wildman–Crippen LogP) is 1.85. The molecule has 1 saturated heterocycles. The first kappa shape index (κ1) is 12.9. The summed E-state index contributed by atoms with van der Waals surface area (Å²) in [4.78, 5) is 5.19. The number of hydrogen-bond donors (Lipinski definition) is 1. The molecular formula is C15H28N2O. The molecule has 1 N–H and O–H groups in total. The van der Waals surface area contributed by atoms with Gasteiger partial charge in [0.05, 0.1) is 5.60 Å². The number of piperazine rings is 1. The smallest absolute Gasteiger partial charge is 0.0774 e. The molecule has 0 aromatic rings. The molecule has 1 heterocycles. The second-order valence-corrected chi connectivity index (χ2v) is 6.68. The van der Waals surface area contributed by atoms with Gasteiger partial charge in [0.15, 0.2) is 0 Å². The van der Waals surface area contributed by atoms with Crippen molar-refractivity contribution < 1.29 is 5.11 Å². The number of aliphatic hydroxyl groups is 1. The second kappa shape index (κ2) is 5.48. The fraction of sp³-hybridized carbons (Fsp3) is 1.00. The summed E-state index contributed by atoms with van der Waals surface area (Å²) < 4.78 is 0. The summed E-state index contributed by atoms with van der Waals surface area (Å²) in [6.07, 6.45) is 10.2. The summed E-state index contributed by atoms with van der Waals surface area (Å²) in [5.74, 6) is 0. The van der Waals surface area contributed by atoms with Gasteiger partial charge in [-0.2, -0.15) is 0 Å². The van der Waals surface area contributed by atoms with Crippen LogP contribution in [0.1, 0.15) is 51.4 Å². The molecule has 3 aliphatic rings. The molecule has 104 valence electrons. The maximum atomic E-state index is 10.5. The normalized spacial score (nSPS) is 31.2. The Labute approximate surface area is 111 Å². The third-order valence-electron chi connectivity index (χ3n) is 5.30. The van der Waals surface area contributed by atoms with Crippen LogP contribution >= 0.6 is 0 Å². The minimum Gasteiger partial charge on any atom is -0.389 e. The van der Waals surface area contributed by atoms with Crippen LogP contribution in [0.5, 0.6) is 0 Å². The third-order valence-corrected chi connectivity index (χ3v) is 5.30. The highest BCUT2D eigenvalue weighted by Crippen LogP contribution is 2.31. The van der Waals surface area contributed by atoms with Crippen molar-refractivity contribution in [3.63, 3.8) is 0 Å². The highest BCUT2D eigenvalue weighted by molar-refractivity contribution is 4.89. The molecule has 1 aliphatic heterocycles. The Kier molecular flexibility index (Phi) is 3.92. The fourth-order valence-electron chi connectivity index (χ4n) is 4.16. The van der Waals surface area contributed by atoms with Crippen molar-refractivity contribution in [2.24, 2.45) is 0 Å². The van der Waals surface area contributed by atoms with E-state index in [1.54, 1.807) is 0 Å². The van der Waals surface area contributed by atoms with E-state index in [4.69, 9.17) is 0 Å². The minimum absolute atomic E-state index is 0.352. The van der Waals surface area contributed by atoms with Crippen LogP contribution in [0.3, 0.4) is 0 Å². The van der Waals surface area contributed by atoms with Crippen LogP contribution < -0.4 is 0 Å². The van der Waals surface area contributed by atoms with Crippen LogP contribution in [0.2, 0.25) is 0 Å². The van der Waals surface area contributed by atoms with Crippen molar-refractivity contribution in [1.82, 2.24) is 9.80 Å². The maximum absolute atomic E-state index is 10.5. The standard InChI is InChI=1S/C15H28N2O/c18-15(7-3-4-8-15)13-16-9-11-17(12-10-16)14-5-1-2-6-14/h14,18H,1-13H2. The molecule has 0 aromatic heterocycles. The molecule has 0 radical (unpaired) electrons. The summed E-state index contributed by atoms with van der Waals surface area (Å²) in [6, 6.07) is 0.877. The van der Waals surface area contributed by atoms with Crippen molar-refractivity contribution in [1.29, 1.82) is 0 Å². The van der Waals surface area contributed by atoms with Crippen LogP contribution in [0.25, 0.3) is 0 Å². The third kappa shape index (κ3) is 2.89. The maximum Gasteiger partial charge on any atom is 0.0774 e. The van der Waals surface area contributed by atoms with Crippen molar-refractivity contribution in [3.05, 3.63) is 0 Å². The molecular weight excluding hydrogens is 224 g/mol. The lowest BCUT2D eigenvalue weighted by molar-refractivity contribution is -0.00893. The SMILES string of the molecule is OC1(CN2CCN(C3CCCC3)CC2)CCCC1. The molecule has 0 unspecified atom stereocenters. The van der Waals surface area contributed by atoms with Crippen LogP contribution in [0, 0.1) is 0 Å². The zero-order valence-electron chi connectivity index (χ0n) is 11.6. The zero-order chi connectivity index (χ0) is 12.4. The Morgan fingerprint density at radius 1 is 0.889 bits per heavy atom. The monoisotopic (exact) mass is 252 g/mol. The molecule has 3 rings (SSSR count). The van der Waals surface area contributed by atoms with Crippen molar-refractivity contribution in [3.8, 4) is 0 Å². The van der Waals surface area contributed by atoms with Gasteiger partial charge < -0.3 is 5.11 Å². The first-order valence-electron chi connectivity index (χ1n) is 7.94. The molecule has 2 aliphatic carbocycles. The molecule has 3 fully saturated rings. The number of β-amino-alcohol motifs (C(OH)–C–C–N with tert-alkyl or cyclic N) is 1. The zero-order valence-corrected chi connectivity index (χ0v) is 11.6.